The lowest BCUT2D eigenvalue weighted by Crippen LogP contribution is -2.36. The number of benzene rings is 2. The van der Waals surface area contributed by atoms with Crippen LogP contribution in [0.25, 0.3) is 0 Å². The Morgan fingerprint density at radius 2 is 1.65 bits per heavy atom. The van der Waals surface area contributed by atoms with Crippen LogP contribution in [0.2, 0.25) is 0 Å². The molecule has 0 bridgehead atoms. The van der Waals surface area contributed by atoms with E-state index in [2.05, 4.69) is 11.0 Å². The zero-order valence-electron chi connectivity index (χ0n) is 14.8. The van der Waals surface area contributed by atoms with Gasteiger partial charge in [-0.3, -0.25) is 9.69 Å². The molecule has 0 atom stereocenters. The molecule has 134 valence electrons. The van der Waals surface area contributed by atoms with Crippen molar-refractivity contribution in [3.05, 3.63) is 65.2 Å². The van der Waals surface area contributed by atoms with E-state index >= 15 is 0 Å². The molecule has 5 nitrogen and oxygen atoms in total. The number of phenolic OH excluding ortho intramolecular Hbond substituents is 1. The van der Waals surface area contributed by atoms with Crippen LogP contribution in [-0.2, 0) is 17.8 Å². The molecule has 0 aromatic heterocycles. The topological polar surface area (TPSA) is 67.6 Å². The van der Waals surface area contributed by atoms with Crippen molar-refractivity contribution in [3.63, 3.8) is 0 Å². The molecule has 1 heterocycles. The minimum atomic E-state index is 0.135. The molecule has 5 heteroatoms. The van der Waals surface area contributed by atoms with Crippen molar-refractivity contribution in [2.75, 3.05) is 26.2 Å². The minimum absolute atomic E-state index is 0.135. The van der Waals surface area contributed by atoms with Crippen molar-refractivity contribution in [3.8, 4) is 11.8 Å². The number of phenols is 1. The first-order chi connectivity index (χ1) is 12.6. The second-order valence-electron chi connectivity index (χ2n) is 6.66. The highest BCUT2D eigenvalue weighted by Gasteiger charge is 2.19. The summed E-state index contributed by atoms with van der Waals surface area (Å²) in [6, 6.07) is 16.6. The Morgan fingerprint density at radius 1 is 0.962 bits per heavy atom. The van der Waals surface area contributed by atoms with E-state index in [1.54, 1.807) is 24.3 Å². The molecular formula is C21H23N3O2. The molecule has 0 aliphatic carbocycles. The molecule has 0 saturated carbocycles. The standard InChI is InChI=1S/C21H23N3O2/c22-15-18-2-4-19(5-3-18)16-23-10-1-11-24(13-12-23)21(26)14-17-6-8-20(25)9-7-17/h2-9,25H,1,10-14,16H2. The predicted octanol–water partition coefficient (Wildman–Crippen LogP) is 2.54. The number of hydrogen-bond acceptors (Lipinski definition) is 4. The average Bonchev–Trinajstić information content (AvgIpc) is 2.90. The number of carbonyl (C=O) groups excluding carboxylic acids is 1. The van der Waals surface area contributed by atoms with Gasteiger partial charge in [0.05, 0.1) is 18.1 Å². The largest absolute Gasteiger partial charge is 0.508 e. The first-order valence-corrected chi connectivity index (χ1v) is 8.91. The zero-order valence-corrected chi connectivity index (χ0v) is 14.8. The number of hydrogen-bond donors (Lipinski definition) is 1. The first-order valence-electron chi connectivity index (χ1n) is 8.91. The summed E-state index contributed by atoms with van der Waals surface area (Å²) in [7, 11) is 0. The summed E-state index contributed by atoms with van der Waals surface area (Å²) in [5, 5.41) is 18.2. The zero-order chi connectivity index (χ0) is 18.4. The summed E-state index contributed by atoms with van der Waals surface area (Å²) in [5.41, 5.74) is 2.79. The van der Waals surface area contributed by atoms with Crippen molar-refractivity contribution >= 4 is 5.91 Å². The van der Waals surface area contributed by atoms with E-state index in [0.717, 1.165) is 44.7 Å². The fourth-order valence-corrected chi connectivity index (χ4v) is 3.22. The third kappa shape index (κ3) is 4.84. The van der Waals surface area contributed by atoms with Gasteiger partial charge < -0.3 is 10.0 Å². The van der Waals surface area contributed by atoms with Gasteiger partial charge in [-0.05, 0) is 41.8 Å². The van der Waals surface area contributed by atoms with Gasteiger partial charge in [0.2, 0.25) is 5.91 Å². The lowest BCUT2D eigenvalue weighted by atomic mass is 10.1. The lowest BCUT2D eigenvalue weighted by molar-refractivity contribution is -0.130. The lowest BCUT2D eigenvalue weighted by Gasteiger charge is -2.22. The normalized spacial score (nSPS) is 15.3. The Kier molecular flexibility index (Phi) is 5.88. The summed E-state index contributed by atoms with van der Waals surface area (Å²) in [6.07, 6.45) is 1.33. The van der Waals surface area contributed by atoms with Crippen molar-refractivity contribution in [1.82, 2.24) is 9.80 Å². The number of nitriles is 1. The van der Waals surface area contributed by atoms with Crippen molar-refractivity contribution in [1.29, 1.82) is 5.26 Å². The number of amides is 1. The average molecular weight is 349 g/mol. The molecule has 1 aliphatic rings. The fourth-order valence-electron chi connectivity index (χ4n) is 3.22. The second kappa shape index (κ2) is 8.50. The Hall–Kier alpha value is -2.84. The Morgan fingerprint density at radius 3 is 2.35 bits per heavy atom. The molecule has 3 rings (SSSR count). The maximum Gasteiger partial charge on any atom is 0.227 e. The van der Waals surface area contributed by atoms with E-state index in [1.165, 1.54) is 5.56 Å². The number of rotatable bonds is 4. The van der Waals surface area contributed by atoms with Gasteiger partial charge in [-0.15, -0.1) is 0 Å². The van der Waals surface area contributed by atoms with E-state index in [4.69, 9.17) is 5.26 Å². The van der Waals surface area contributed by atoms with Gasteiger partial charge in [-0.1, -0.05) is 24.3 Å². The van der Waals surface area contributed by atoms with Crippen LogP contribution in [0.5, 0.6) is 5.75 Å². The van der Waals surface area contributed by atoms with Gasteiger partial charge in [-0.25, -0.2) is 0 Å². The van der Waals surface area contributed by atoms with Crippen LogP contribution in [0.15, 0.2) is 48.5 Å². The molecule has 2 aromatic carbocycles. The molecule has 26 heavy (non-hydrogen) atoms. The molecule has 0 radical (unpaired) electrons. The van der Waals surface area contributed by atoms with Crippen LogP contribution in [0.4, 0.5) is 0 Å². The highest BCUT2D eigenvalue weighted by Crippen LogP contribution is 2.13. The van der Waals surface area contributed by atoms with Gasteiger partial charge in [0, 0.05) is 32.7 Å². The Bertz CT molecular complexity index is 778. The van der Waals surface area contributed by atoms with E-state index in [0.29, 0.717) is 12.0 Å². The number of aromatic hydroxyl groups is 1. The summed E-state index contributed by atoms with van der Waals surface area (Å²) in [5.74, 6) is 0.352. The maximum absolute atomic E-state index is 12.6. The van der Waals surface area contributed by atoms with Crippen LogP contribution >= 0.6 is 0 Å². The monoisotopic (exact) mass is 349 g/mol. The molecule has 1 aliphatic heterocycles. The van der Waals surface area contributed by atoms with Crippen LogP contribution in [-0.4, -0.2) is 47.0 Å². The van der Waals surface area contributed by atoms with E-state index in [1.807, 2.05) is 29.2 Å². The molecule has 0 unspecified atom stereocenters. The Balaban J connectivity index is 1.53. The van der Waals surface area contributed by atoms with Gasteiger partial charge in [0.15, 0.2) is 0 Å². The van der Waals surface area contributed by atoms with Crippen molar-refractivity contribution in [2.24, 2.45) is 0 Å². The smallest absolute Gasteiger partial charge is 0.227 e. The molecule has 2 aromatic rings. The van der Waals surface area contributed by atoms with Crippen LogP contribution in [0.3, 0.4) is 0 Å². The summed E-state index contributed by atoms with van der Waals surface area (Å²) >= 11 is 0. The highest BCUT2D eigenvalue weighted by molar-refractivity contribution is 5.78. The number of carbonyl (C=O) groups is 1. The minimum Gasteiger partial charge on any atom is -0.508 e. The van der Waals surface area contributed by atoms with E-state index in [9.17, 15) is 9.90 Å². The van der Waals surface area contributed by atoms with Gasteiger partial charge >= 0.3 is 0 Å². The Labute approximate surface area is 154 Å². The molecule has 1 saturated heterocycles. The molecule has 1 fully saturated rings. The molecule has 1 N–H and O–H groups in total. The molecular weight excluding hydrogens is 326 g/mol. The first kappa shape index (κ1) is 18.0. The summed E-state index contributed by atoms with van der Waals surface area (Å²) in [6.45, 7) is 4.16. The van der Waals surface area contributed by atoms with Crippen LogP contribution < -0.4 is 0 Å². The highest BCUT2D eigenvalue weighted by atomic mass is 16.3. The van der Waals surface area contributed by atoms with Gasteiger partial charge in [-0.2, -0.15) is 5.26 Å². The van der Waals surface area contributed by atoms with E-state index < -0.39 is 0 Å². The van der Waals surface area contributed by atoms with E-state index in [-0.39, 0.29) is 11.7 Å². The SMILES string of the molecule is N#Cc1ccc(CN2CCCN(C(=O)Cc3ccc(O)cc3)CC2)cc1. The number of nitrogens with zero attached hydrogens (tertiary/aromatic N) is 3. The van der Waals surface area contributed by atoms with Crippen LogP contribution in [0, 0.1) is 11.3 Å². The third-order valence-electron chi connectivity index (χ3n) is 4.72. The van der Waals surface area contributed by atoms with Crippen molar-refractivity contribution in [2.45, 2.75) is 19.4 Å². The fraction of sp³-hybridized carbons (Fsp3) is 0.333. The molecule has 0 spiro atoms. The predicted molar refractivity (Wildman–Crippen MR) is 99.4 cm³/mol. The van der Waals surface area contributed by atoms with Gasteiger partial charge in [0.25, 0.3) is 0 Å². The van der Waals surface area contributed by atoms with Gasteiger partial charge in [0.1, 0.15) is 5.75 Å². The third-order valence-corrected chi connectivity index (χ3v) is 4.72. The molecule has 1 amide bonds. The van der Waals surface area contributed by atoms with Crippen LogP contribution in [0.1, 0.15) is 23.1 Å². The van der Waals surface area contributed by atoms with Crippen molar-refractivity contribution < 1.29 is 9.90 Å². The summed E-state index contributed by atoms with van der Waals surface area (Å²) in [4.78, 5) is 16.8. The maximum atomic E-state index is 12.6. The quantitative estimate of drug-likeness (QED) is 0.921. The second-order valence-corrected chi connectivity index (χ2v) is 6.66. The summed E-state index contributed by atoms with van der Waals surface area (Å²) < 4.78 is 0.